The number of carbonyl (C=O) groups is 2. The molecule has 0 aliphatic carbocycles. The molecule has 0 bridgehead atoms. The fourth-order valence-corrected chi connectivity index (χ4v) is 3.16. The third-order valence-electron chi connectivity index (χ3n) is 3.81. The maximum atomic E-state index is 12.3. The van der Waals surface area contributed by atoms with E-state index >= 15 is 0 Å². The maximum Gasteiger partial charge on any atom is 0.319 e. The van der Waals surface area contributed by atoms with E-state index in [0.717, 1.165) is 5.56 Å². The number of nitrogens with one attached hydrogen (secondary N) is 3. The molecule has 7 heteroatoms. The summed E-state index contributed by atoms with van der Waals surface area (Å²) in [5.74, 6) is -0.149. The van der Waals surface area contributed by atoms with Crippen molar-refractivity contribution in [1.82, 2.24) is 10.2 Å². The highest BCUT2D eigenvalue weighted by atomic mass is 32.1. The molecule has 0 unspecified atom stereocenters. The average molecular weight is 360 g/mol. The van der Waals surface area contributed by atoms with Crippen LogP contribution in [0.4, 0.5) is 16.2 Å². The van der Waals surface area contributed by atoms with Gasteiger partial charge in [-0.15, -0.1) is 0 Å². The molecule has 25 heavy (non-hydrogen) atoms. The van der Waals surface area contributed by atoms with Crippen LogP contribution in [0.15, 0.2) is 35.0 Å². The van der Waals surface area contributed by atoms with Crippen LogP contribution in [-0.2, 0) is 4.79 Å². The minimum Gasteiger partial charge on any atom is -0.336 e. The monoisotopic (exact) mass is 360 g/mol. The Morgan fingerprint density at radius 3 is 2.56 bits per heavy atom. The fraction of sp³-hybridized carbons (Fsp3) is 0.333. The van der Waals surface area contributed by atoms with Crippen LogP contribution in [0.3, 0.4) is 0 Å². The van der Waals surface area contributed by atoms with E-state index in [0.29, 0.717) is 17.9 Å². The Morgan fingerprint density at radius 2 is 1.96 bits per heavy atom. The SMILES string of the molecule is CC(=O)Nc1ccc(C)c(NC(=O)NC[C@@H](c2ccsc2)N(C)C)c1. The molecule has 1 aromatic carbocycles. The molecule has 134 valence electrons. The highest BCUT2D eigenvalue weighted by molar-refractivity contribution is 7.07. The van der Waals surface area contributed by atoms with Crippen molar-refractivity contribution in [2.24, 2.45) is 0 Å². The number of rotatable bonds is 6. The molecular formula is C18H24N4O2S. The van der Waals surface area contributed by atoms with Gasteiger partial charge in [-0.25, -0.2) is 4.79 Å². The lowest BCUT2D eigenvalue weighted by molar-refractivity contribution is -0.114. The molecule has 2 rings (SSSR count). The number of nitrogens with zero attached hydrogens (tertiary/aromatic N) is 1. The second-order valence-electron chi connectivity index (χ2n) is 6.08. The van der Waals surface area contributed by atoms with Gasteiger partial charge in [0.25, 0.3) is 0 Å². The molecule has 0 aliphatic rings. The van der Waals surface area contributed by atoms with Crippen LogP contribution in [0.5, 0.6) is 0 Å². The Hall–Kier alpha value is -2.38. The summed E-state index contributed by atoms with van der Waals surface area (Å²) in [6.45, 7) is 3.85. The van der Waals surface area contributed by atoms with Crippen LogP contribution in [0.1, 0.15) is 24.1 Å². The van der Waals surface area contributed by atoms with Crippen molar-refractivity contribution in [2.75, 3.05) is 31.3 Å². The maximum absolute atomic E-state index is 12.3. The minimum absolute atomic E-state index is 0.115. The van der Waals surface area contributed by atoms with Gasteiger partial charge in [-0.3, -0.25) is 4.79 Å². The van der Waals surface area contributed by atoms with E-state index in [1.54, 1.807) is 23.5 Å². The largest absolute Gasteiger partial charge is 0.336 e. The summed E-state index contributed by atoms with van der Waals surface area (Å²) in [5.41, 5.74) is 3.42. The summed E-state index contributed by atoms with van der Waals surface area (Å²) in [7, 11) is 3.98. The van der Waals surface area contributed by atoms with Gasteiger partial charge < -0.3 is 20.9 Å². The van der Waals surface area contributed by atoms with Crippen LogP contribution in [-0.4, -0.2) is 37.5 Å². The van der Waals surface area contributed by atoms with E-state index in [9.17, 15) is 9.59 Å². The summed E-state index contributed by atoms with van der Waals surface area (Å²) in [5, 5.41) is 12.6. The number of hydrogen-bond acceptors (Lipinski definition) is 4. The van der Waals surface area contributed by atoms with Crippen LogP contribution in [0.25, 0.3) is 0 Å². The third-order valence-corrected chi connectivity index (χ3v) is 4.51. The van der Waals surface area contributed by atoms with Gasteiger partial charge in [-0.05, 0) is 61.1 Å². The molecule has 1 atom stereocenters. The second kappa shape index (κ2) is 8.64. The number of carbonyl (C=O) groups excluding carboxylic acids is 2. The zero-order valence-corrected chi connectivity index (χ0v) is 15.7. The molecular weight excluding hydrogens is 336 g/mol. The lowest BCUT2D eigenvalue weighted by Gasteiger charge is -2.24. The van der Waals surface area contributed by atoms with Gasteiger partial charge in [0.1, 0.15) is 0 Å². The quantitative estimate of drug-likeness (QED) is 0.739. The number of benzene rings is 1. The van der Waals surface area contributed by atoms with Crippen LogP contribution in [0, 0.1) is 6.92 Å². The van der Waals surface area contributed by atoms with Crippen molar-refractivity contribution >= 4 is 34.6 Å². The molecule has 3 N–H and O–H groups in total. The highest BCUT2D eigenvalue weighted by Crippen LogP contribution is 2.21. The Morgan fingerprint density at radius 1 is 1.20 bits per heavy atom. The third kappa shape index (κ3) is 5.58. The summed E-state index contributed by atoms with van der Waals surface area (Å²) in [6, 6.07) is 7.32. The number of hydrogen-bond donors (Lipinski definition) is 3. The molecule has 0 spiro atoms. The molecule has 0 saturated carbocycles. The van der Waals surface area contributed by atoms with Crippen molar-refractivity contribution in [1.29, 1.82) is 0 Å². The predicted molar refractivity (Wildman–Crippen MR) is 103 cm³/mol. The van der Waals surface area contributed by atoms with Gasteiger partial charge in [0.2, 0.25) is 5.91 Å². The van der Waals surface area contributed by atoms with Gasteiger partial charge in [-0.2, -0.15) is 11.3 Å². The van der Waals surface area contributed by atoms with Crippen molar-refractivity contribution in [3.63, 3.8) is 0 Å². The van der Waals surface area contributed by atoms with E-state index in [4.69, 9.17) is 0 Å². The van der Waals surface area contributed by atoms with Gasteiger partial charge in [0.05, 0.1) is 6.04 Å². The molecule has 2 aromatic rings. The van der Waals surface area contributed by atoms with E-state index in [2.05, 4.69) is 32.3 Å². The van der Waals surface area contributed by atoms with Crippen LogP contribution in [0.2, 0.25) is 0 Å². The Bertz CT molecular complexity index is 729. The van der Waals surface area contributed by atoms with Gasteiger partial charge in [-0.1, -0.05) is 6.07 Å². The first kappa shape index (κ1) is 19.0. The van der Waals surface area contributed by atoms with Crippen molar-refractivity contribution in [3.8, 4) is 0 Å². The molecule has 3 amide bonds. The van der Waals surface area contributed by atoms with Crippen molar-refractivity contribution in [3.05, 3.63) is 46.2 Å². The number of likely N-dealkylation sites (N-methyl/N-ethyl adjacent to an activating group) is 1. The normalized spacial score (nSPS) is 11.9. The molecule has 0 fully saturated rings. The number of anilines is 2. The molecule has 1 heterocycles. The summed E-state index contributed by atoms with van der Waals surface area (Å²) in [6.07, 6.45) is 0. The molecule has 0 aliphatic heterocycles. The molecule has 0 saturated heterocycles. The smallest absolute Gasteiger partial charge is 0.319 e. The first-order valence-corrected chi connectivity index (χ1v) is 8.92. The lowest BCUT2D eigenvalue weighted by atomic mass is 10.1. The molecule has 0 radical (unpaired) electrons. The summed E-state index contributed by atoms with van der Waals surface area (Å²) in [4.78, 5) is 25.5. The number of amides is 3. The standard InChI is InChI=1S/C18H24N4O2S/c1-12-5-6-15(20-13(2)23)9-16(12)21-18(24)19-10-17(22(3)4)14-7-8-25-11-14/h5-9,11,17H,10H2,1-4H3,(H,20,23)(H2,19,21,24)/t17-/m0/s1. The van der Waals surface area contributed by atoms with Gasteiger partial charge in [0.15, 0.2) is 0 Å². The Labute approximate surface area is 152 Å². The fourth-order valence-electron chi connectivity index (χ4n) is 2.46. The van der Waals surface area contributed by atoms with E-state index in [-0.39, 0.29) is 18.0 Å². The molecule has 1 aromatic heterocycles. The van der Waals surface area contributed by atoms with Crippen molar-refractivity contribution in [2.45, 2.75) is 19.9 Å². The number of urea groups is 1. The number of thiophene rings is 1. The summed E-state index contributed by atoms with van der Waals surface area (Å²) < 4.78 is 0. The average Bonchev–Trinajstić information content (AvgIpc) is 3.04. The van der Waals surface area contributed by atoms with Gasteiger partial charge >= 0.3 is 6.03 Å². The number of aryl methyl sites for hydroxylation is 1. The minimum atomic E-state index is -0.273. The predicted octanol–water partition coefficient (Wildman–Crippen LogP) is 3.44. The molecule has 6 nitrogen and oxygen atoms in total. The summed E-state index contributed by atoms with van der Waals surface area (Å²) >= 11 is 1.64. The lowest BCUT2D eigenvalue weighted by Crippen LogP contribution is -2.36. The Kier molecular flexibility index (Phi) is 6.55. The van der Waals surface area contributed by atoms with E-state index in [1.807, 2.05) is 32.5 Å². The first-order valence-electron chi connectivity index (χ1n) is 7.98. The van der Waals surface area contributed by atoms with E-state index in [1.165, 1.54) is 12.5 Å². The highest BCUT2D eigenvalue weighted by Gasteiger charge is 2.16. The van der Waals surface area contributed by atoms with Crippen LogP contribution >= 0.6 is 11.3 Å². The topological polar surface area (TPSA) is 73.5 Å². The zero-order valence-electron chi connectivity index (χ0n) is 14.9. The van der Waals surface area contributed by atoms with E-state index < -0.39 is 0 Å². The van der Waals surface area contributed by atoms with Crippen LogP contribution < -0.4 is 16.0 Å². The van der Waals surface area contributed by atoms with Gasteiger partial charge in [0, 0.05) is 24.8 Å². The zero-order chi connectivity index (χ0) is 18.4. The second-order valence-corrected chi connectivity index (χ2v) is 6.86. The Balaban J connectivity index is 1.99. The van der Waals surface area contributed by atoms with Crippen molar-refractivity contribution < 1.29 is 9.59 Å². The first-order chi connectivity index (χ1) is 11.9.